The van der Waals surface area contributed by atoms with Gasteiger partial charge in [0, 0.05) is 0 Å². The van der Waals surface area contributed by atoms with E-state index in [9.17, 15) is 26.4 Å². The van der Waals surface area contributed by atoms with Gasteiger partial charge in [-0.25, -0.2) is 4.79 Å². The summed E-state index contributed by atoms with van der Waals surface area (Å²) in [6.45, 7) is 1.50. The van der Waals surface area contributed by atoms with E-state index in [1.165, 1.54) is 6.92 Å². The van der Waals surface area contributed by atoms with E-state index in [1.54, 1.807) is 0 Å². The number of ether oxygens (including phenoxy) is 1. The van der Waals surface area contributed by atoms with E-state index < -0.39 is 33.5 Å². The quantitative estimate of drug-likeness (QED) is 0.431. The minimum atomic E-state index is -5.75. The van der Waals surface area contributed by atoms with Gasteiger partial charge in [-0.05, 0) is 6.42 Å². The lowest BCUT2D eigenvalue weighted by Gasteiger charge is -2.13. The van der Waals surface area contributed by atoms with Crippen LogP contribution >= 0.6 is 0 Å². The van der Waals surface area contributed by atoms with Crippen molar-refractivity contribution < 1.29 is 35.3 Å². The molecule has 0 saturated heterocycles. The van der Waals surface area contributed by atoms with Crippen LogP contribution in [0.25, 0.3) is 0 Å². The molecular formula is C7H7F3O5S. The average Bonchev–Trinajstić information content (AvgIpc) is 2.43. The number of carbonyl (C=O) groups excluding carboxylic acids is 1. The van der Waals surface area contributed by atoms with E-state index in [-0.39, 0.29) is 6.42 Å². The zero-order valence-electron chi connectivity index (χ0n) is 7.95. The lowest BCUT2D eigenvalue weighted by atomic mass is 10.2. The van der Waals surface area contributed by atoms with Crippen LogP contribution in [0.4, 0.5) is 13.2 Å². The second-order valence-corrected chi connectivity index (χ2v) is 4.40. The van der Waals surface area contributed by atoms with Crippen LogP contribution < -0.4 is 0 Å². The number of halogens is 3. The number of rotatable bonds is 3. The van der Waals surface area contributed by atoms with Gasteiger partial charge < -0.3 is 8.92 Å². The highest BCUT2D eigenvalue weighted by Gasteiger charge is 2.50. The summed E-state index contributed by atoms with van der Waals surface area (Å²) < 4.78 is 65.4. The fraction of sp³-hybridized carbons (Fsp3) is 0.571. The molecule has 1 aliphatic rings. The molecule has 0 aromatic heterocycles. The number of hydrogen-bond acceptors (Lipinski definition) is 5. The summed E-state index contributed by atoms with van der Waals surface area (Å²) in [6, 6.07) is 0. The van der Waals surface area contributed by atoms with E-state index >= 15 is 0 Å². The number of hydrogen-bond donors (Lipinski definition) is 0. The van der Waals surface area contributed by atoms with Crippen LogP contribution in [0.15, 0.2) is 11.8 Å². The van der Waals surface area contributed by atoms with Crippen LogP contribution in [0.1, 0.15) is 13.3 Å². The monoisotopic (exact) mass is 260 g/mol. The maximum absolute atomic E-state index is 11.9. The standard InChI is InChI=1S/C7H7F3O5S/c1-2-4-5(3-6(11)14-4)15-16(12,13)7(8,9)10/h3-4H,2H2,1H3. The maximum atomic E-state index is 11.9. The molecule has 1 aliphatic heterocycles. The zero-order valence-corrected chi connectivity index (χ0v) is 8.76. The summed E-state index contributed by atoms with van der Waals surface area (Å²) >= 11 is 0. The van der Waals surface area contributed by atoms with E-state index in [0.717, 1.165) is 0 Å². The van der Waals surface area contributed by atoms with Crippen molar-refractivity contribution in [2.24, 2.45) is 0 Å². The Labute approximate surface area is 89.0 Å². The lowest BCUT2D eigenvalue weighted by molar-refractivity contribution is -0.139. The van der Waals surface area contributed by atoms with Gasteiger partial charge in [0.2, 0.25) is 0 Å². The van der Waals surface area contributed by atoms with Crippen LogP contribution in [-0.4, -0.2) is 26.0 Å². The molecular weight excluding hydrogens is 253 g/mol. The van der Waals surface area contributed by atoms with Gasteiger partial charge in [0.1, 0.15) is 0 Å². The van der Waals surface area contributed by atoms with Crippen molar-refractivity contribution in [3.8, 4) is 0 Å². The normalized spacial score (nSPS) is 21.6. The molecule has 0 saturated carbocycles. The first-order valence-electron chi connectivity index (χ1n) is 4.10. The Kier molecular flexibility index (Phi) is 3.17. The van der Waals surface area contributed by atoms with Gasteiger partial charge in [-0.15, -0.1) is 0 Å². The SMILES string of the molecule is CCC1OC(=O)C=C1OS(=O)(=O)C(F)(F)F. The highest BCUT2D eigenvalue weighted by atomic mass is 32.2. The highest BCUT2D eigenvalue weighted by Crippen LogP contribution is 2.30. The highest BCUT2D eigenvalue weighted by molar-refractivity contribution is 7.87. The lowest BCUT2D eigenvalue weighted by Crippen LogP contribution is -2.27. The summed E-state index contributed by atoms with van der Waals surface area (Å²) in [5.41, 5.74) is -5.53. The van der Waals surface area contributed by atoms with Gasteiger partial charge >= 0.3 is 21.6 Å². The molecule has 0 radical (unpaired) electrons. The van der Waals surface area contributed by atoms with Crippen molar-refractivity contribution in [3.63, 3.8) is 0 Å². The molecule has 5 nitrogen and oxygen atoms in total. The summed E-state index contributed by atoms with van der Waals surface area (Å²) in [4.78, 5) is 10.7. The molecule has 0 amide bonds. The third kappa shape index (κ3) is 2.46. The van der Waals surface area contributed by atoms with Crippen molar-refractivity contribution in [3.05, 3.63) is 11.8 Å². The van der Waals surface area contributed by atoms with Crippen molar-refractivity contribution in [1.82, 2.24) is 0 Å². The molecule has 0 aliphatic carbocycles. The second-order valence-electron chi connectivity index (χ2n) is 2.86. The van der Waals surface area contributed by atoms with Crippen molar-refractivity contribution >= 4 is 16.1 Å². The smallest absolute Gasteiger partial charge is 0.451 e. The molecule has 0 N–H and O–H groups in total. The van der Waals surface area contributed by atoms with Crippen LogP contribution in [0.5, 0.6) is 0 Å². The Morgan fingerprint density at radius 3 is 2.50 bits per heavy atom. The van der Waals surface area contributed by atoms with Gasteiger partial charge in [0.15, 0.2) is 11.9 Å². The van der Waals surface area contributed by atoms with E-state index in [0.29, 0.717) is 6.08 Å². The molecule has 92 valence electrons. The van der Waals surface area contributed by atoms with Crippen molar-refractivity contribution in [2.75, 3.05) is 0 Å². The first-order valence-corrected chi connectivity index (χ1v) is 5.51. The first kappa shape index (κ1) is 12.8. The van der Waals surface area contributed by atoms with E-state index in [1.807, 2.05) is 0 Å². The second kappa shape index (κ2) is 3.96. The Balaban J connectivity index is 2.91. The molecule has 0 bridgehead atoms. The first-order chi connectivity index (χ1) is 7.17. The van der Waals surface area contributed by atoms with E-state index in [2.05, 4.69) is 8.92 Å². The fourth-order valence-corrected chi connectivity index (χ4v) is 1.48. The van der Waals surface area contributed by atoms with Crippen LogP contribution in [0.3, 0.4) is 0 Å². The third-order valence-electron chi connectivity index (χ3n) is 1.70. The molecule has 0 aromatic carbocycles. The van der Waals surface area contributed by atoms with E-state index in [4.69, 9.17) is 0 Å². The van der Waals surface area contributed by atoms with Crippen molar-refractivity contribution in [1.29, 1.82) is 0 Å². The predicted octanol–water partition coefficient (Wildman–Crippen LogP) is 1.07. The summed E-state index contributed by atoms with van der Waals surface area (Å²) in [5.74, 6) is -1.58. The Bertz CT molecular complexity index is 422. The van der Waals surface area contributed by atoms with Gasteiger partial charge in [0.25, 0.3) is 0 Å². The molecule has 1 atom stereocenters. The number of alkyl halides is 3. The zero-order chi connectivity index (χ0) is 12.6. The molecule has 1 heterocycles. The Morgan fingerprint density at radius 1 is 1.50 bits per heavy atom. The Hall–Kier alpha value is -1.25. The van der Waals surface area contributed by atoms with Gasteiger partial charge in [-0.2, -0.15) is 21.6 Å². The molecule has 1 rings (SSSR count). The van der Waals surface area contributed by atoms with Gasteiger partial charge in [0.05, 0.1) is 6.08 Å². The van der Waals surface area contributed by atoms with Crippen LogP contribution in [-0.2, 0) is 23.8 Å². The molecule has 1 unspecified atom stereocenters. The van der Waals surface area contributed by atoms with Gasteiger partial charge in [-0.1, -0.05) is 6.92 Å². The average molecular weight is 260 g/mol. The van der Waals surface area contributed by atoms with Gasteiger partial charge in [-0.3, -0.25) is 0 Å². The molecule has 0 aromatic rings. The summed E-state index contributed by atoms with van der Waals surface area (Å²) in [6.07, 6.45) is -0.396. The number of cyclic esters (lactones) is 1. The summed E-state index contributed by atoms with van der Waals surface area (Å²) in [7, 11) is -5.75. The minimum absolute atomic E-state index is 0.116. The summed E-state index contributed by atoms with van der Waals surface area (Å²) in [5, 5.41) is 0. The van der Waals surface area contributed by atoms with Crippen LogP contribution in [0.2, 0.25) is 0 Å². The van der Waals surface area contributed by atoms with Crippen LogP contribution in [0, 0.1) is 0 Å². The maximum Gasteiger partial charge on any atom is 0.534 e. The Morgan fingerprint density at radius 2 is 2.06 bits per heavy atom. The molecule has 16 heavy (non-hydrogen) atoms. The van der Waals surface area contributed by atoms with Crippen molar-refractivity contribution in [2.45, 2.75) is 25.0 Å². The topological polar surface area (TPSA) is 69.7 Å². The molecule has 9 heteroatoms. The largest absolute Gasteiger partial charge is 0.534 e. The molecule has 0 fully saturated rings. The number of carbonyl (C=O) groups is 1. The molecule has 0 spiro atoms. The predicted molar refractivity (Wildman–Crippen MR) is 44.3 cm³/mol. The minimum Gasteiger partial charge on any atom is -0.451 e. The number of esters is 1. The third-order valence-corrected chi connectivity index (χ3v) is 2.67. The fourth-order valence-electron chi connectivity index (χ4n) is 0.978.